The van der Waals surface area contributed by atoms with Gasteiger partial charge < -0.3 is 14.4 Å². The summed E-state index contributed by atoms with van der Waals surface area (Å²) >= 11 is 0. The number of rotatable bonds is 3. The molecule has 0 bridgehead atoms. The average molecular weight is 356 g/mol. The van der Waals surface area contributed by atoms with Gasteiger partial charge in [-0.25, -0.2) is 9.97 Å². The molecule has 1 aromatic carbocycles. The number of nitro groups is 1. The van der Waals surface area contributed by atoms with Crippen molar-refractivity contribution in [2.45, 2.75) is 26.0 Å². The van der Waals surface area contributed by atoms with E-state index in [0.29, 0.717) is 32.3 Å². The van der Waals surface area contributed by atoms with E-state index in [0.717, 1.165) is 35.6 Å². The lowest BCUT2D eigenvalue weighted by Crippen LogP contribution is -2.45. The number of fused-ring (bicyclic) bond motifs is 1. The van der Waals surface area contributed by atoms with Gasteiger partial charge in [0.2, 0.25) is 0 Å². The Morgan fingerprint density at radius 1 is 1.19 bits per heavy atom. The van der Waals surface area contributed by atoms with Crippen LogP contribution in [0.25, 0.3) is 11.4 Å². The summed E-state index contributed by atoms with van der Waals surface area (Å²) in [7, 11) is 0. The van der Waals surface area contributed by atoms with Crippen molar-refractivity contribution in [2.24, 2.45) is 0 Å². The summed E-state index contributed by atoms with van der Waals surface area (Å²) in [5.41, 5.74) is 2.84. The zero-order valence-corrected chi connectivity index (χ0v) is 14.6. The van der Waals surface area contributed by atoms with Crippen LogP contribution in [0.4, 0.5) is 11.5 Å². The standard InChI is InChI=1S/C18H20N4O4/c1-12-10-26-9-7-21(12)18-15-6-8-25-11-16(15)19-17(20-18)13-2-4-14(5-3-13)22(23)24/h2-5,12H,6-11H2,1H3. The minimum Gasteiger partial charge on any atom is -0.377 e. The molecule has 1 aromatic heterocycles. The third-order valence-corrected chi connectivity index (χ3v) is 4.78. The molecule has 4 rings (SSSR count). The van der Waals surface area contributed by atoms with Crippen LogP contribution in [0.15, 0.2) is 24.3 Å². The number of morpholine rings is 1. The first-order valence-electron chi connectivity index (χ1n) is 8.70. The van der Waals surface area contributed by atoms with E-state index in [-0.39, 0.29) is 11.7 Å². The lowest BCUT2D eigenvalue weighted by molar-refractivity contribution is -0.384. The molecule has 8 nitrogen and oxygen atoms in total. The number of ether oxygens (including phenoxy) is 2. The normalized spacial score (nSPS) is 19.9. The van der Waals surface area contributed by atoms with Crippen molar-refractivity contribution in [2.75, 3.05) is 31.3 Å². The zero-order valence-electron chi connectivity index (χ0n) is 14.6. The van der Waals surface area contributed by atoms with Crippen molar-refractivity contribution < 1.29 is 14.4 Å². The molecule has 2 aliphatic rings. The first kappa shape index (κ1) is 16.9. The Hall–Kier alpha value is -2.58. The van der Waals surface area contributed by atoms with Crippen molar-refractivity contribution in [1.29, 1.82) is 0 Å². The summed E-state index contributed by atoms with van der Waals surface area (Å²) in [4.78, 5) is 22.2. The van der Waals surface area contributed by atoms with Crippen molar-refractivity contribution in [3.8, 4) is 11.4 Å². The molecule has 2 aliphatic heterocycles. The van der Waals surface area contributed by atoms with E-state index in [1.807, 2.05) is 0 Å². The summed E-state index contributed by atoms with van der Waals surface area (Å²) < 4.78 is 11.1. The molecule has 1 atom stereocenters. The van der Waals surface area contributed by atoms with Gasteiger partial charge in [-0.3, -0.25) is 10.1 Å². The zero-order chi connectivity index (χ0) is 18.1. The molecule has 8 heteroatoms. The largest absolute Gasteiger partial charge is 0.377 e. The summed E-state index contributed by atoms with van der Waals surface area (Å²) in [5.74, 6) is 1.50. The van der Waals surface area contributed by atoms with Crippen LogP contribution < -0.4 is 4.90 Å². The molecule has 2 aromatic rings. The molecule has 0 spiro atoms. The molecular weight excluding hydrogens is 336 g/mol. The number of hydrogen-bond acceptors (Lipinski definition) is 7. The van der Waals surface area contributed by atoms with Crippen molar-refractivity contribution in [3.63, 3.8) is 0 Å². The van der Waals surface area contributed by atoms with Gasteiger partial charge in [0, 0.05) is 36.2 Å². The first-order valence-corrected chi connectivity index (χ1v) is 8.70. The number of nitro benzene ring substituents is 1. The van der Waals surface area contributed by atoms with Gasteiger partial charge in [-0.2, -0.15) is 0 Å². The summed E-state index contributed by atoms with van der Waals surface area (Å²) in [6.45, 7) is 5.38. The van der Waals surface area contributed by atoms with Crippen LogP contribution in [0.3, 0.4) is 0 Å². The van der Waals surface area contributed by atoms with Crippen LogP contribution in [-0.4, -0.2) is 47.3 Å². The molecule has 3 heterocycles. The van der Waals surface area contributed by atoms with Gasteiger partial charge in [-0.1, -0.05) is 0 Å². The van der Waals surface area contributed by atoms with E-state index in [2.05, 4.69) is 16.8 Å². The molecular formula is C18H20N4O4. The average Bonchev–Trinajstić information content (AvgIpc) is 2.68. The molecule has 1 fully saturated rings. The smallest absolute Gasteiger partial charge is 0.269 e. The molecule has 1 saturated heterocycles. The lowest BCUT2D eigenvalue weighted by Gasteiger charge is -2.36. The van der Waals surface area contributed by atoms with Gasteiger partial charge in [0.1, 0.15) is 5.82 Å². The maximum absolute atomic E-state index is 10.9. The number of nitrogens with zero attached hydrogens (tertiary/aromatic N) is 4. The number of hydrogen-bond donors (Lipinski definition) is 0. The molecule has 136 valence electrons. The molecule has 0 N–H and O–H groups in total. The molecule has 1 unspecified atom stereocenters. The van der Waals surface area contributed by atoms with Crippen molar-refractivity contribution in [3.05, 3.63) is 45.6 Å². The van der Waals surface area contributed by atoms with Crippen LogP contribution in [0.1, 0.15) is 18.2 Å². The maximum atomic E-state index is 10.9. The molecule has 0 radical (unpaired) electrons. The third-order valence-electron chi connectivity index (χ3n) is 4.78. The SMILES string of the molecule is CC1COCCN1c1nc(-c2ccc([N+](=O)[O-])cc2)nc2c1CCOC2. The van der Waals surface area contributed by atoms with E-state index >= 15 is 0 Å². The second kappa shape index (κ2) is 6.97. The van der Waals surface area contributed by atoms with Crippen LogP contribution in [0.2, 0.25) is 0 Å². The van der Waals surface area contributed by atoms with Gasteiger partial charge in [0.05, 0.1) is 43.1 Å². The van der Waals surface area contributed by atoms with Crippen LogP contribution in [0, 0.1) is 10.1 Å². The van der Waals surface area contributed by atoms with Gasteiger partial charge in [0.15, 0.2) is 5.82 Å². The Bertz CT molecular complexity index is 825. The molecule has 0 saturated carbocycles. The summed E-state index contributed by atoms with van der Waals surface area (Å²) in [5, 5.41) is 10.9. The maximum Gasteiger partial charge on any atom is 0.269 e. The van der Waals surface area contributed by atoms with Gasteiger partial charge in [-0.15, -0.1) is 0 Å². The van der Waals surface area contributed by atoms with Gasteiger partial charge >= 0.3 is 0 Å². The Morgan fingerprint density at radius 3 is 2.73 bits per heavy atom. The number of benzene rings is 1. The monoisotopic (exact) mass is 356 g/mol. The highest BCUT2D eigenvalue weighted by molar-refractivity contribution is 5.62. The second-order valence-electron chi connectivity index (χ2n) is 6.52. The van der Waals surface area contributed by atoms with Crippen LogP contribution in [0.5, 0.6) is 0 Å². The third kappa shape index (κ3) is 3.13. The fourth-order valence-corrected chi connectivity index (χ4v) is 3.38. The van der Waals surface area contributed by atoms with Crippen molar-refractivity contribution >= 4 is 11.5 Å². The predicted octanol–water partition coefficient (Wildman–Crippen LogP) is 2.35. The van der Waals surface area contributed by atoms with Crippen molar-refractivity contribution in [1.82, 2.24) is 9.97 Å². The molecule has 0 aliphatic carbocycles. The second-order valence-corrected chi connectivity index (χ2v) is 6.52. The van der Waals surface area contributed by atoms with Crippen LogP contribution >= 0.6 is 0 Å². The van der Waals surface area contributed by atoms with E-state index in [1.165, 1.54) is 12.1 Å². The topological polar surface area (TPSA) is 90.6 Å². The van der Waals surface area contributed by atoms with E-state index in [4.69, 9.17) is 14.5 Å². The van der Waals surface area contributed by atoms with Gasteiger partial charge in [-0.05, 0) is 19.1 Å². The fraction of sp³-hybridized carbons (Fsp3) is 0.444. The first-order chi connectivity index (χ1) is 12.6. The highest BCUT2D eigenvalue weighted by atomic mass is 16.6. The Morgan fingerprint density at radius 2 is 2.00 bits per heavy atom. The molecule has 0 amide bonds. The Labute approximate surface area is 150 Å². The summed E-state index contributed by atoms with van der Waals surface area (Å²) in [6.07, 6.45) is 0.787. The predicted molar refractivity (Wildman–Crippen MR) is 95.1 cm³/mol. The van der Waals surface area contributed by atoms with E-state index in [9.17, 15) is 10.1 Å². The Kier molecular flexibility index (Phi) is 4.52. The highest BCUT2D eigenvalue weighted by Gasteiger charge is 2.27. The van der Waals surface area contributed by atoms with Crippen LogP contribution in [-0.2, 0) is 22.5 Å². The Balaban J connectivity index is 1.78. The highest BCUT2D eigenvalue weighted by Crippen LogP contribution is 2.31. The molecule has 26 heavy (non-hydrogen) atoms. The number of anilines is 1. The van der Waals surface area contributed by atoms with E-state index < -0.39 is 4.92 Å². The van der Waals surface area contributed by atoms with Gasteiger partial charge in [0.25, 0.3) is 5.69 Å². The lowest BCUT2D eigenvalue weighted by atomic mass is 10.1. The minimum absolute atomic E-state index is 0.0528. The number of non-ortho nitro benzene ring substituents is 1. The fourth-order valence-electron chi connectivity index (χ4n) is 3.38. The minimum atomic E-state index is -0.411. The quantitative estimate of drug-likeness (QED) is 0.616. The van der Waals surface area contributed by atoms with E-state index in [1.54, 1.807) is 12.1 Å². The summed E-state index contributed by atoms with van der Waals surface area (Å²) in [6, 6.07) is 6.57. The number of aromatic nitrogens is 2.